The van der Waals surface area contributed by atoms with Crippen LogP contribution in [-0.4, -0.2) is 35.3 Å². The molecule has 0 atom stereocenters. The third-order valence-electron chi connectivity index (χ3n) is 4.30. The predicted molar refractivity (Wildman–Crippen MR) is 113 cm³/mol. The minimum absolute atomic E-state index is 0.0784. The van der Waals surface area contributed by atoms with E-state index < -0.39 is 15.7 Å². The SMILES string of the molecule is CCS(=O)(=O)c1nnc(NC(=O)c2cc(-c3ccccc3)nc3ccccc23)s1. The van der Waals surface area contributed by atoms with Crippen molar-refractivity contribution in [2.75, 3.05) is 11.1 Å². The Hall–Kier alpha value is -3.17. The zero-order valence-corrected chi connectivity index (χ0v) is 17.0. The summed E-state index contributed by atoms with van der Waals surface area (Å²) in [6.45, 7) is 1.53. The molecular formula is C20H16N4O3S2. The fraction of sp³-hybridized carbons (Fsp3) is 0.100. The van der Waals surface area contributed by atoms with Crippen LogP contribution in [0, 0.1) is 0 Å². The summed E-state index contributed by atoms with van der Waals surface area (Å²) in [5.41, 5.74) is 2.66. The zero-order valence-electron chi connectivity index (χ0n) is 15.4. The summed E-state index contributed by atoms with van der Waals surface area (Å²) in [4.78, 5) is 17.6. The number of anilines is 1. The van der Waals surface area contributed by atoms with E-state index in [1.165, 1.54) is 6.92 Å². The number of sulfone groups is 1. The topological polar surface area (TPSA) is 102 Å². The number of pyridine rings is 1. The van der Waals surface area contributed by atoms with E-state index in [2.05, 4.69) is 20.5 Å². The van der Waals surface area contributed by atoms with Gasteiger partial charge >= 0.3 is 0 Å². The number of carbonyl (C=O) groups excluding carboxylic acids is 1. The summed E-state index contributed by atoms with van der Waals surface area (Å²) in [5.74, 6) is -0.484. The van der Waals surface area contributed by atoms with E-state index in [0.717, 1.165) is 16.9 Å². The van der Waals surface area contributed by atoms with E-state index in [1.807, 2.05) is 54.6 Å². The first-order chi connectivity index (χ1) is 14.0. The van der Waals surface area contributed by atoms with Crippen LogP contribution in [0.4, 0.5) is 5.13 Å². The van der Waals surface area contributed by atoms with Crippen LogP contribution in [0.1, 0.15) is 17.3 Å². The number of rotatable bonds is 5. The van der Waals surface area contributed by atoms with Crippen molar-refractivity contribution in [3.05, 3.63) is 66.2 Å². The van der Waals surface area contributed by atoms with Crippen LogP contribution < -0.4 is 5.32 Å². The van der Waals surface area contributed by atoms with E-state index in [4.69, 9.17) is 0 Å². The van der Waals surface area contributed by atoms with Crippen molar-refractivity contribution in [1.82, 2.24) is 15.2 Å². The third kappa shape index (κ3) is 3.87. The highest BCUT2D eigenvalue weighted by Crippen LogP contribution is 2.27. The second-order valence-electron chi connectivity index (χ2n) is 6.17. The van der Waals surface area contributed by atoms with Crippen molar-refractivity contribution in [1.29, 1.82) is 0 Å². The van der Waals surface area contributed by atoms with Gasteiger partial charge in [-0.2, -0.15) is 0 Å². The quantitative estimate of drug-likeness (QED) is 0.489. The molecule has 146 valence electrons. The molecule has 1 amide bonds. The van der Waals surface area contributed by atoms with Gasteiger partial charge in [0, 0.05) is 10.9 Å². The second kappa shape index (κ2) is 7.69. The Balaban J connectivity index is 1.74. The van der Waals surface area contributed by atoms with Gasteiger partial charge in [0.2, 0.25) is 19.3 Å². The smallest absolute Gasteiger partial charge is 0.258 e. The molecule has 0 spiro atoms. The Bertz CT molecular complexity index is 1300. The molecular weight excluding hydrogens is 408 g/mol. The number of nitrogens with zero attached hydrogens (tertiary/aromatic N) is 3. The first kappa shape index (κ1) is 19.2. The first-order valence-corrected chi connectivity index (χ1v) is 11.3. The Morgan fingerprint density at radius 3 is 2.52 bits per heavy atom. The maximum atomic E-state index is 13.0. The average molecular weight is 425 g/mol. The molecule has 0 saturated heterocycles. The summed E-state index contributed by atoms with van der Waals surface area (Å²) in [6.07, 6.45) is 0. The highest BCUT2D eigenvalue weighted by molar-refractivity contribution is 7.93. The molecule has 4 aromatic rings. The molecule has 7 nitrogen and oxygen atoms in total. The van der Waals surface area contributed by atoms with Crippen molar-refractivity contribution >= 4 is 43.1 Å². The van der Waals surface area contributed by atoms with Crippen LogP contribution in [0.2, 0.25) is 0 Å². The van der Waals surface area contributed by atoms with Gasteiger partial charge in [-0.15, -0.1) is 10.2 Å². The van der Waals surface area contributed by atoms with Crippen LogP contribution in [0.5, 0.6) is 0 Å². The Kier molecular flexibility index (Phi) is 5.08. The first-order valence-electron chi connectivity index (χ1n) is 8.81. The van der Waals surface area contributed by atoms with Gasteiger partial charge in [-0.1, -0.05) is 66.8 Å². The lowest BCUT2D eigenvalue weighted by molar-refractivity contribution is 0.102. The molecule has 1 N–H and O–H groups in total. The molecule has 0 bridgehead atoms. The lowest BCUT2D eigenvalue weighted by atomic mass is 10.0. The molecule has 9 heteroatoms. The van der Waals surface area contributed by atoms with Crippen LogP contribution in [-0.2, 0) is 9.84 Å². The van der Waals surface area contributed by atoms with Crippen molar-refractivity contribution in [2.24, 2.45) is 0 Å². The van der Waals surface area contributed by atoms with Gasteiger partial charge in [0.15, 0.2) is 0 Å². The maximum absolute atomic E-state index is 13.0. The fourth-order valence-corrected chi connectivity index (χ4v) is 4.78. The number of hydrogen-bond acceptors (Lipinski definition) is 7. The van der Waals surface area contributed by atoms with Gasteiger partial charge in [-0.25, -0.2) is 13.4 Å². The molecule has 2 aromatic carbocycles. The van der Waals surface area contributed by atoms with E-state index >= 15 is 0 Å². The summed E-state index contributed by atoms with van der Waals surface area (Å²) < 4.78 is 23.8. The number of aromatic nitrogens is 3. The summed E-state index contributed by atoms with van der Waals surface area (Å²) in [7, 11) is -3.47. The zero-order chi connectivity index (χ0) is 20.4. The lowest BCUT2D eigenvalue weighted by Crippen LogP contribution is -2.13. The second-order valence-corrected chi connectivity index (χ2v) is 9.60. The van der Waals surface area contributed by atoms with E-state index in [0.29, 0.717) is 22.2 Å². The fourth-order valence-electron chi connectivity index (χ4n) is 2.79. The van der Waals surface area contributed by atoms with Crippen molar-refractivity contribution < 1.29 is 13.2 Å². The van der Waals surface area contributed by atoms with Gasteiger partial charge in [0.1, 0.15) is 0 Å². The number of amides is 1. The van der Waals surface area contributed by atoms with Gasteiger partial charge in [-0.05, 0) is 12.1 Å². The number of benzene rings is 2. The normalized spacial score (nSPS) is 11.5. The van der Waals surface area contributed by atoms with Gasteiger partial charge < -0.3 is 0 Å². The van der Waals surface area contributed by atoms with Crippen LogP contribution in [0.25, 0.3) is 22.2 Å². The number of hydrogen-bond donors (Lipinski definition) is 1. The molecule has 0 fully saturated rings. The highest BCUT2D eigenvalue weighted by Gasteiger charge is 2.20. The van der Waals surface area contributed by atoms with E-state index in [9.17, 15) is 13.2 Å². The minimum Gasteiger partial charge on any atom is -0.296 e. The van der Waals surface area contributed by atoms with Gasteiger partial charge in [-0.3, -0.25) is 10.1 Å². The average Bonchev–Trinajstić information content (AvgIpc) is 3.23. The Morgan fingerprint density at radius 2 is 1.76 bits per heavy atom. The summed E-state index contributed by atoms with van der Waals surface area (Å²) >= 11 is 0.836. The van der Waals surface area contributed by atoms with E-state index in [-0.39, 0.29) is 15.2 Å². The molecule has 0 aliphatic rings. The van der Waals surface area contributed by atoms with Crippen molar-refractivity contribution in [2.45, 2.75) is 11.3 Å². The molecule has 29 heavy (non-hydrogen) atoms. The largest absolute Gasteiger partial charge is 0.296 e. The molecule has 4 rings (SSSR count). The maximum Gasteiger partial charge on any atom is 0.258 e. The van der Waals surface area contributed by atoms with Crippen LogP contribution in [0.3, 0.4) is 0 Å². The molecule has 2 heterocycles. The monoisotopic (exact) mass is 424 g/mol. The molecule has 0 aliphatic carbocycles. The molecule has 0 unspecified atom stereocenters. The third-order valence-corrected chi connectivity index (χ3v) is 7.32. The Morgan fingerprint density at radius 1 is 1.03 bits per heavy atom. The van der Waals surface area contributed by atoms with Crippen molar-refractivity contribution in [3.63, 3.8) is 0 Å². The van der Waals surface area contributed by atoms with Crippen LogP contribution >= 0.6 is 11.3 Å². The molecule has 0 radical (unpaired) electrons. The minimum atomic E-state index is -3.47. The summed E-state index contributed by atoms with van der Waals surface area (Å²) in [6, 6.07) is 18.6. The number of nitrogens with one attached hydrogen (secondary N) is 1. The van der Waals surface area contributed by atoms with E-state index in [1.54, 1.807) is 6.07 Å². The number of carbonyl (C=O) groups is 1. The molecule has 0 saturated carbocycles. The Labute approximate surface area is 171 Å². The molecule has 2 aromatic heterocycles. The number of para-hydroxylation sites is 1. The van der Waals surface area contributed by atoms with Crippen molar-refractivity contribution in [3.8, 4) is 11.3 Å². The highest BCUT2D eigenvalue weighted by atomic mass is 32.2. The van der Waals surface area contributed by atoms with Gasteiger partial charge in [0.05, 0.1) is 22.5 Å². The number of fused-ring (bicyclic) bond motifs is 1. The molecule has 0 aliphatic heterocycles. The van der Waals surface area contributed by atoms with Crippen LogP contribution in [0.15, 0.2) is 65.0 Å². The standard InChI is InChI=1S/C20H16N4O3S2/c1-2-29(26,27)20-24-23-19(28-20)22-18(25)15-12-17(13-8-4-3-5-9-13)21-16-11-7-6-10-14(15)16/h3-12H,2H2,1H3,(H,22,23,25). The predicted octanol–water partition coefficient (Wildman–Crippen LogP) is 3.80. The van der Waals surface area contributed by atoms with Gasteiger partial charge in [0.25, 0.3) is 5.91 Å². The summed E-state index contributed by atoms with van der Waals surface area (Å²) in [5, 5.41) is 11.0. The lowest BCUT2D eigenvalue weighted by Gasteiger charge is -2.09.